The molecule has 0 radical (unpaired) electrons. The molecule has 0 aliphatic carbocycles. The third-order valence-corrected chi connectivity index (χ3v) is 5.12. The maximum absolute atomic E-state index is 12.6. The molecular weight excluding hydrogens is 409 g/mol. The Kier molecular flexibility index (Phi) is 7.46. The number of benzene rings is 1. The molecule has 1 aliphatic rings. The van der Waals surface area contributed by atoms with Crippen LogP contribution in [0.3, 0.4) is 0 Å². The predicted octanol–water partition coefficient (Wildman–Crippen LogP) is 1.99. The van der Waals surface area contributed by atoms with Crippen LogP contribution in [0.25, 0.3) is 0 Å². The number of carbonyl (C=O) groups excluding carboxylic acids is 3. The van der Waals surface area contributed by atoms with Crippen LogP contribution in [0, 0.1) is 0 Å². The molecule has 0 saturated heterocycles. The van der Waals surface area contributed by atoms with Crippen LogP contribution < -0.4 is 0 Å². The highest BCUT2D eigenvalue weighted by molar-refractivity contribution is 6.50. The molecule has 1 N–H and O–H groups in total. The second-order valence-corrected chi connectivity index (χ2v) is 6.79. The van der Waals surface area contributed by atoms with Crippen molar-refractivity contribution in [3.63, 3.8) is 0 Å². The van der Waals surface area contributed by atoms with Gasteiger partial charge in [0.15, 0.2) is 0 Å². The fourth-order valence-corrected chi connectivity index (χ4v) is 3.49. The topological polar surface area (TPSA) is 93.1 Å². The summed E-state index contributed by atoms with van der Waals surface area (Å²) >= 11 is 12.2. The van der Waals surface area contributed by atoms with E-state index in [-0.39, 0.29) is 29.8 Å². The lowest BCUT2D eigenvalue weighted by Gasteiger charge is -2.35. The minimum Gasteiger partial charge on any atom is -0.463 e. The molecule has 1 heterocycles. The summed E-state index contributed by atoms with van der Waals surface area (Å²) in [6, 6.07) is 7.69. The van der Waals surface area contributed by atoms with Crippen molar-refractivity contribution in [2.24, 2.45) is 0 Å². The van der Waals surface area contributed by atoms with Gasteiger partial charge in [0.2, 0.25) is 0 Å². The molecule has 1 aromatic carbocycles. The Labute approximate surface area is 172 Å². The highest BCUT2D eigenvalue weighted by Crippen LogP contribution is 2.38. The molecule has 28 heavy (non-hydrogen) atoms. The number of halogens is 2. The van der Waals surface area contributed by atoms with E-state index in [1.54, 1.807) is 0 Å². The zero-order chi connectivity index (χ0) is 20.9. The van der Waals surface area contributed by atoms with Crippen molar-refractivity contribution < 1.29 is 29.0 Å². The average molecular weight is 430 g/mol. The Bertz CT molecular complexity index is 762. The molecule has 1 atom stereocenters. The molecule has 1 aromatic rings. The number of ether oxygens (including phenoxy) is 2. The Hall–Kier alpha value is -2.09. The molecule has 0 bridgehead atoms. The van der Waals surface area contributed by atoms with Crippen LogP contribution in [-0.4, -0.2) is 59.3 Å². The van der Waals surface area contributed by atoms with Gasteiger partial charge in [0.1, 0.15) is 11.1 Å². The molecule has 152 valence electrons. The van der Waals surface area contributed by atoms with E-state index in [0.717, 1.165) is 10.5 Å². The summed E-state index contributed by atoms with van der Waals surface area (Å²) in [6.45, 7) is 2.89. The lowest BCUT2D eigenvalue weighted by molar-refractivity contribution is -0.189. The van der Waals surface area contributed by atoms with Crippen molar-refractivity contribution in [3.8, 4) is 0 Å². The highest BCUT2D eigenvalue weighted by Gasteiger charge is 2.61. The highest BCUT2D eigenvalue weighted by atomic mass is 35.5. The maximum atomic E-state index is 12.6. The molecule has 1 aliphatic heterocycles. The summed E-state index contributed by atoms with van der Waals surface area (Å²) in [5.41, 5.74) is -1.93. The first-order valence-corrected chi connectivity index (χ1v) is 9.51. The summed E-state index contributed by atoms with van der Waals surface area (Å²) in [7, 11) is 0. The second kappa shape index (κ2) is 9.41. The molecule has 0 unspecified atom stereocenters. The number of nitrogens with zero attached hydrogens (tertiary/aromatic N) is 1. The monoisotopic (exact) mass is 429 g/mol. The third-order valence-electron chi connectivity index (χ3n) is 4.26. The molecule has 0 fully saturated rings. The standard InChI is InChI=1S/C19H21Cl2NO6/c1-3-27-17(24)19(26,18(25)28-4-2)15-13(20)14(21)16(23)22(15)11-10-12-8-6-5-7-9-12/h5-9,15,26H,3-4,10-11H2,1-2H3/t15-/m0/s1. The normalized spacial score (nSPS) is 17.1. The fourth-order valence-electron chi connectivity index (χ4n) is 2.92. The van der Waals surface area contributed by atoms with Crippen LogP contribution in [0.15, 0.2) is 40.4 Å². The van der Waals surface area contributed by atoms with Crippen LogP contribution in [0.1, 0.15) is 19.4 Å². The zero-order valence-electron chi connectivity index (χ0n) is 15.5. The number of esters is 2. The van der Waals surface area contributed by atoms with Gasteiger partial charge in [-0.25, -0.2) is 9.59 Å². The van der Waals surface area contributed by atoms with Crippen molar-refractivity contribution in [1.82, 2.24) is 4.90 Å². The Balaban J connectivity index is 2.42. The molecule has 2 rings (SSSR count). The predicted molar refractivity (Wildman–Crippen MR) is 103 cm³/mol. The molecule has 0 aromatic heterocycles. The summed E-state index contributed by atoms with van der Waals surface area (Å²) in [6.07, 6.45) is 0.388. The van der Waals surface area contributed by atoms with Gasteiger partial charge in [-0.05, 0) is 25.8 Å². The van der Waals surface area contributed by atoms with Crippen LogP contribution in [-0.2, 0) is 30.3 Å². The SMILES string of the molecule is CCOC(=O)C(O)(C(=O)OCC)[C@@H]1C(Cl)=C(Cl)C(=O)N1CCc1ccccc1. The van der Waals surface area contributed by atoms with Gasteiger partial charge in [-0.2, -0.15) is 0 Å². The smallest absolute Gasteiger partial charge is 0.352 e. The van der Waals surface area contributed by atoms with Gasteiger partial charge in [0.25, 0.3) is 11.5 Å². The molecule has 9 heteroatoms. The number of rotatable bonds is 8. The first-order valence-electron chi connectivity index (χ1n) is 8.75. The number of carbonyl (C=O) groups is 3. The van der Waals surface area contributed by atoms with E-state index in [9.17, 15) is 19.5 Å². The van der Waals surface area contributed by atoms with Gasteiger partial charge < -0.3 is 19.5 Å². The van der Waals surface area contributed by atoms with E-state index in [1.165, 1.54) is 13.8 Å². The lowest BCUT2D eigenvalue weighted by atomic mass is 9.93. The summed E-state index contributed by atoms with van der Waals surface area (Å²) in [5.74, 6) is -3.22. The van der Waals surface area contributed by atoms with Crippen LogP contribution in [0.5, 0.6) is 0 Å². The first-order chi connectivity index (χ1) is 13.3. The van der Waals surface area contributed by atoms with Gasteiger partial charge in [-0.1, -0.05) is 53.5 Å². The molecule has 1 amide bonds. The second-order valence-electron chi connectivity index (χ2n) is 6.01. The van der Waals surface area contributed by atoms with Crippen molar-refractivity contribution in [1.29, 1.82) is 0 Å². The molecular formula is C19H21Cl2NO6. The minimum absolute atomic E-state index is 0.0566. The number of hydrogen-bond acceptors (Lipinski definition) is 6. The van der Waals surface area contributed by atoms with Gasteiger partial charge >= 0.3 is 11.9 Å². The van der Waals surface area contributed by atoms with Gasteiger partial charge in [0, 0.05) is 6.54 Å². The number of amides is 1. The van der Waals surface area contributed by atoms with Crippen molar-refractivity contribution in [2.75, 3.05) is 19.8 Å². The van der Waals surface area contributed by atoms with E-state index in [1.807, 2.05) is 30.3 Å². The Morgan fingerprint density at radius 1 is 1.11 bits per heavy atom. The fraction of sp³-hybridized carbons (Fsp3) is 0.421. The Morgan fingerprint density at radius 2 is 1.64 bits per heavy atom. The van der Waals surface area contributed by atoms with Crippen LogP contribution in [0.2, 0.25) is 0 Å². The van der Waals surface area contributed by atoms with Crippen LogP contribution in [0.4, 0.5) is 0 Å². The summed E-state index contributed by atoms with van der Waals surface area (Å²) in [5, 5.41) is 10.4. The molecule has 0 spiro atoms. The first kappa shape index (κ1) is 22.2. The van der Waals surface area contributed by atoms with Gasteiger partial charge in [0.05, 0.1) is 18.2 Å². The van der Waals surface area contributed by atoms with Gasteiger partial charge in [-0.3, -0.25) is 4.79 Å². The largest absolute Gasteiger partial charge is 0.463 e. The summed E-state index contributed by atoms with van der Waals surface area (Å²) < 4.78 is 9.73. The number of aliphatic hydroxyl groups is 1. The number of hydrogen-bond donors (Lipinski definition) is 1. The van der Waals surface area contributed by atoms with Crippen molar-refractivity contribution in [3.05, 3.63) is 46.0 Å². The van der Waals surface area contributed by atoms with Gasteiger partial charge in [-0.15, -0.1) is 0 Å². The lowest BCUT2D eigenvalue weighted by Crippen LogP contribution is -2.63. The van der Waals surface area contributed by atoms with E-state index < -0.39 is 29.5 Å². The summed E-state index contributed by atoms with van der Waals surface area (Å²) in [4.78, 5) is 38.7. The maximum Gasteiger partial charge on any atom is 0.352 e. The average Bonchev–Trinajstić information content (AvgIpc) is 2.90. The third kappa shape index (κ3) is 4.16. The molecule has 0 saturated carbocycles. The van der Waals surface area contributed by atoms with E-state index >= 15 is 0 Å². The quantitative estimate of drug-likeness (QED) is 0.501. The van der Waals surface area contributed by atoms with Crippen molar-refractivity contribution >= 4 is 41.0 Å². The van der Waals surface area contributed by atoms with E-state index in [2.05, 4.69) is 0 Å². The van der Waals surface area contributed by atoms with Crippen LogP contribution >= 0.6 is 23.2 Å². The van der Waals surface area contributed by atoms with E-state index in [0.29, 0.717) is 6.42 Å². The van der Waals surface area contributed by atoms with E-state index in [4.69, 9.17) is 32.7 Å². The molecule has 7 nitrogen and oxygen atoms in total. The Morgan fingerprint density at radius 3 is 2.14 bits per heavy atom. The zero-order valence-corrected chi connectivity index (χ0v) is 17.0. The van der Waals surface area contributed by atoms with Crippen molar-refractivity contribution in [2.45, 2.75) is 31.9 Å². The minimum atomic E-state index is -2.84.